The van der Waals surface area contributed by atoms with Gasteiger partial charge in [0.25, 0.3) is 5.91 Å². The predicted molar refractivity (Wildman–Crippen MR) is 62.4 cm³/mol. The zero-order valence-electron chi connectivity index (χ0n) is 9.84. The Morgan fingerprint density at radius 1 is 1.33 bits per heavy atom. The van der Waals surface area contributed by atoms with Gasteiger partial charge < -0.3 is 5.32 Å². The second-order valence-corrected chi connectivity index (χ2v) is 3.88. The number of halogens is 2. The molecule has 0 aliphatic carbocycles. The number of hydrogen-bond acceptors (Lipinski definition) is 2. The van der Waals surface area contributed by atoms with Crippen LogP contribution in [-0.2, 0) is 0 Å². The average molecular weight is 251 g/mol. The monoisotopic (exact) mass is 251 g/mol. The van der Waals surface area contributed by atoms with E-state index in [1.54, 1.807) is 13.8 Å². The summed E-state index contributed by atoms with van der Waals surface area (Å²) in [6, 6.07) is 3.44. The molecule has 0 fully saturated rings. The topological polar surface area (TPSA) is 57.8 Å². The van der Waals surface area contributed by atoms with Crippen LogP contribution in [0.4, 0.5) is 14.6 Å². The molecule has 0 atom stereocenters. The Balaban J connectivity index is 2.28. The standard InChI is InChI=1S/C12H11F2N3O/c1-6-7(2)16-17-11(6)15-12(18)8-4-3-5-9(13)10(8)14/h3-5H,1-2H3,(H2,15,16,17,18). The van der Waals surface area contributed by atoms with Gasteiger partial charge in [0.05, 0.1) is 5.56 Å². The number of amides is 1. The van der Waals surface area contributed by atoms with E-state index in [1.807, 2.05) is 0 Å². The Bertz CT molecular complexity index is 607. The number of carbonyl (C=O) groups is 1. The highest BCUT2D eigenvalue weighted by atomic mass is 19.2. The van der Waals surface area contributed by atoms with Crippen LogP contribution in [-0.4, -0.2) is 16.1 Å². The number of aryl methyl sites for hydroxylation is 1. The third kappa shape index (κ3) is 2.09. The van der Waals surface area contributed by atoms with Crippen LogP contribution in [0.2, 0.25) is 0 Å². The van der Waals surface area contributed by atoms with Gasteiger partial charge in [0, 0.05) is 11.3 Å². The fourth-order valence-electron chi connectivity index (χ4n) is 1.46. The van der Waals surface area contributed by atoms with Gasteiger partial charge in [0.1, 0.15) is 0 Å². The lowest BCUT2D eigenvalue weighted by molar-refractivity contribution is 0.102. The summed E-state index contributed by atoms with van der Waals surface area (Å²) in [6.45, 7) is 3.55. The Kier molecular flexibility index (Phi) is 3.10. The van der Waals surface area contributed by atoms with Crippen molar-refractivity contribution in [3.8, 4) is 0 Å². The molecule has 1 amide bonds. The maximum Gasteiger partial charge on any atom is 0.259 e. The smallest absolute Gasteiger partial charge is 0.259 e. The van der Waals surface area contributed by atoms with E-state index in [0.717, 1.165) is 17.3 Å². The van der Waals surface area contributed by atoms with Crippen molar-refractivity contribution < 1.29 is 13.6 Å². The molecule has 1 aromatic carbocycles. The average Bonchev–Trinajstić information content (AvgIpc) is 2.64. The fourth-order valence-corrected chi connectivity index (χ4v) is 1.46. The summed E-state index contributed by atoms with van der Waals surface area (Å²) in [4.78, 5) is 11.8. The van der Waals surface area contributed by atoms with Crippen molar-refractivity contribution >= 4 is 11.7 Å². The van der Waals surface area contributed by atoms with E-state index in [1.165, 1.54) is 12.1 Å². The summed E-state index contributed by atoms with van der Waals surface area (Å²) in [7, 11) is 0. The summed E-state index contributed by atoms with van der Waals surface area (Å²) < 4.78 is 26.4. The highest BCUT2D eigenvalue weighted by Gasteiger charge is 2.17. The fraction of sp³-hybridized carbons (Fsp3) is 0.167. The van der Waals surface area contributed by atoms with E-state index in [-0.39, 0.29) is 5.56 Å². The van der Waals surface area contributed by atoms with Crippen LogP contribution < -0.4 is 5.32 Å². The summed E-state index contributed by atoms with van der Waals surface area (Å²) in [6.07, 6.45) is 0. The first-order chi connectivity index (χ1) is 8.50. The molecule has 0 aliphatic heterocycles. The van der Waals surface area contributed by atoms with E-state index in [0.29, 0.717) is 5.82 Å². The summed E-state index contributed by atoms with van der Waals surface area (Å²) in [5, 5.41) is 8.97. The van der Waals surface area contributed by atoms with E-state index >= 15 is 0 Å². The first-order valence-corrected chi connectivity index (χ1v) is 5.27. The molecule has 18 heavy (non-hydrogen) atoms. The van der Waals surface area contributed by atoms with Crippen LogP contribution >= 0.6 is 0 Å². The van der Waals surface area contributed by atoms with E-state index < -0.39 is 17.5 Å². The molecule has 0 bridgehead atoms. The summed E-state index contributed by atoms with van der Waals surface area (Å²) >= 11 is 0. The van der Waals surface area contributed by atoms with Crippen molar-refractivity contribution in [1.82, 2.24) is 10.2 Å². The molecule has 1 aromatic heterocycles. The molecule has 4 nitrogen and oxygen atoms in total. The number of rotatable bonds is 2. The van der Waals surface area contributed by atoms with Gasteiger partial charge in [0.15, 0.2) is 17.5 Å². The maximum atomic E-state index is 13.4. The molecule has 2 aromatic rings. The minimum Gasteiger partial charge on any atom is -0.305 e. The first-order valence-electron chi connectivity index (χ1n) is 5.27. The van der Waals surface area contributed by atoms with Gasteiger partial charge in [-0.3, -0.25) is 9.89 Å². The number of H-pyrrole nitrogens is 1. The van der Waals surface area contributed by atoms with Crippen molar-refractivity contribution in [2.75, 3.05) is 5.32 Å². The van der Waals surface area contributed by atoms with Gasteiger partial charge in [-0.25, -0.2) is 8.78 Å². The highest BCUT2D eigenvalue weighted by Crippen LogP contribution is 2.17. The van der Waals surface area contributed by atoms with Gasteiger partial charge in [0.2, 0.25) is 0 Å². The molecule has 94 valence electrons. The number of carbonyl (C=O) groups excluding carboxylic acids is 1. The molecule has 1 heterocycles. The number of aromatic nitrogens is 2. The molecule has 0 spiro atoms. The maximum absolute atomic E-state index is 13.4. The van der Waals surface area contributed by atoms with Crippen LogP contribution in [0.1, 0.15) is 21.6 Å². The zero-order valence-corrected chi connectivity index (χ0v) is 9.84. The third-order valence-electron chi connectivity index (χ3n) is 2.68. The number of nitrogens with zero attached hydrogens (tertiary/aromatic N) is 1. The number of benzene rings is 1. The highest BCUT2D eigenvalue weighted by molar-refractivity contribution is 6.04. The molecule has 0 unspecified atom stereocenters. The Hall–Kier alpha value is -2.24. The van der Waals surface area contributed by atoms with Crippen molar-refractivity contribution in [3.63, 3.8) is 0 Å². The van der Waals surface area contributed by atoms with Crippen molar-refractivity contribution in [3.05, 3.63) is 46.7 Å². The van der Waals surface area contributed by atoms with Crippen LogP contribution in [0, 0.1) is 25.5 Å². The number of nitrogens with one attached hydrogen (secondary N) is 2. The molecule has 0 radical (unpaired) electrons. The zero-order chi connectivity index (χ0) is 13.3. The molecule has 0 saturated heterocycles. The molecule has 2 N–H and O–H groups in total. The number of anilines is 1. The van der Waals surface area contributed by atoms with Gasteiger partial charge >= 0.3 is 0 Å². The lowest BCUT2D eigenvalue weighted by Crippen LogP contribution is -2.15. The molecule has 0 aliphatic rings. The Labute approximate surface area is 102 Å². The molecule has 0 saturated carbocycles. The number of aromatic amines is 1. The third-order valence-corrected chi connectivity index (χ3v) is 2.68. The molecule has 2 rings (SSSR count). The number of hydrogen-bond donors (Lipinski definition) is 2. The van der Waals surface area contributed by atoms with Gasteiger partial charge in [-0.15, -0.1) is 0 Å². The van der Waals surface area contributed by atoms with E-state index in [2.05, 4.69) is 15.5 Å². The van der Waals surface area contributed by atoms with Crippen LogP contribution in [0.25, 0.3) is 0 Å². The predicted octanol–water partition coefficient (Wildman–Crippen LogP) is 2.56. The van der Waals surface area contributed by atoms with Gasteiger partial charge in [-0.2, -0.15) is 5.10 Å². The normalized spacial score (nSPS) is 10.4. The van der Waals surface area contributed by atoms with Crippen LogP contribution in [0.15, 0.2) is 18.2 Å². The summed E-state index contributed by atoms with van der Waals surface area (Å²) in [5.74, 6) is -2.65. The molecular formula is C12H11F2N3O. The molecule has 6 heteroatoms. The quantitative estimate of drug-likeness (QED) is 0.861. The lowest BCUT2D eigenvalue weighted by Gasteiger charge is -2.04. The van der Waals surface area contributed by atoms with Gasteiger partial charge in [-0.05, 0) is 26.0 Å². The second-order valence-electron chi connectivity index (χ2n) is 3.88. The second kappa shape index (κ2) is 4.56. The summed E-state index contributed by atoms with van der Waals surface area (Å²) in [5.41, 5.74) is 1.19. The van der Waals surface area contributed by atoms with E-state index in [4.69, 9.17) is 0 Å². The molecular weight excluding hydrogens is 240 g/mol. The van der Waals surface area contributed by atoms with Crippen molar-refractivity contribution in [2.24, 2.45) is 0 Å². The van der Waals surface area contributed by atoms with Crippen molar-refractivity contribution in [2.45, 2.75) is 13.8 Å². The van der Waals surface area contributed by atoms with Crippen molar-refractivity contribution in [1.29, 1.82) is 0 Å². The van der Waals surface area contributed by atoms with Gasteiger partial charge in [-0.1, -0.05) is 6.07 Å². The Morgan fingerprint density at radius 2 is 2.06 bits per heavy atom. The van der Waals surface area contributed by atoms with Crippen LogP contribution in [0.5, 0.6) is 0 Å². The lowest BCUT2D eigenvalue weighted by atomic mass is 10.2. The van der Waals surface area contributed by atoms with Crippen LogP contribution in [0.3, 0.4) is 0 Å². The van der Waals surface area contributed by atoms with E-state index in [9.17, 15) is 13.6 Å². The SMILES string of the molecule is Cc1[nH]nc(NC(=O)c2cccc(F)c2F)c1C. The first kappa shape index (κ1) is 12.2. The Morgan fingerprint density at radius 3 is 2.67 bits per heavy atom. The largest absolute Gasteiger partial charge is 0.305 e. The minimum absolute atomic E-state index is 0.307. The minimum atomic E-state index is -1.17.